The normalized spacial score (nSPS) is 10.9. The van der Waals surface area contributed by atoms with E-state index in [1.54, 1.807) is 0 Å². The second-order valence-electron chi connectivity index (χ2n) is 5.65. The van der Waals surface area contributed by atoms with Crippen LogP contribution in [0.15, 0.2) is 36.5 Å². The van der Waals surface area contributed by atoms with Gasteiger partial charge in [-0.25, -0.2) is 4.98 Å². The number of aryl methyl sites for hydroxylation is 1. The molecule has 0 aliphatic heterocycles. The van der Waals surface area contributed by atoms with Gasteiger partial charge in [-0.3, -0.25) is 4.98 Å². The molecule has 0 bridgehead atoms. The number of anilines is 1. The predicted molar refractivity (Wildman–Crippen MR) is 87.3 cm³/mol. The van der Waals surface area contributed by atoms with Crippen LogP contribution in [0.3, 0.4) is 0 Å². The second-order valence-corrected chi connectivity index (χ2v) is 5.65. The minimum atomic E-state index is 0.460. The molecule has 112 valence electrons. The van der Waals surface area contributed by atoms with Crippen molar-refractivity contribution in [3.05, 3.63) is 53.5 Å². The number of rotatable bonds is 6. The summed E-state index contributed by atoms with van der Waals surface area (Å²) < 4.78 is 0. The molecule has 1 N–H and O–H groups in total. The van der Waals surface area contributed by atoms with Gasteiger partial charge in [0.25, 0.3) is 0 Å². The van der Waals surface area contributed by atoms with E-state index >= 15 is 0 Å². The first-order valence-electron chi connectivity index (χ1n) is 7.37. The minimum Gasteiger partial charge on any atom is -0.354 e. The smallest absolute Gasteiger partial charge is 0.133 e. The Morgan fingerprint density at radius 3 is 2.71 bits per heavy atom. The van der Waals surface area contributed by atoms with Crippen molar-refractivity contribution in [3.63, 3.8) is 0 Å². The zero-order valence-electron chi connectivity index (χ0n) is 13.3. The average Bonchev–Trinajstić information content (AvgIpc) is 2.45. The molecule has 21 heavy (non-hydrogen) atoms. The lowest BCUT2D eigenvalue weighted by atomic mass is 10.2. The van der Waals surface area contributed by atoms with Crippen LogP contribution in [-0.4, -0.2) is 23.1 Å². The Bertz CT molecular complexity index is 581. The summed E-state index contributed by atoms with van der Waals surface area (Å²) in [4.78, 5) is 11.2. The number of nitrogens with zero attached hydrogens (tertiary/aromatic N) is 3. The summed E-state index contributed by atoms with van der Waals surface area (Å²) in [6, 6.07) is 10.7. The van der Waals surface area contributed by atoms with Gasteiger partial charge >= 0.3 is 0 Å². The van der Waals surface area contributed by atoms with E-state index in [1.165, 1.54) is 5.56 Å². The molecule has 0 aliphatic rings. The summed E-state index contributed by atoms with van der Waals surface area (Å²) in [5, 5.41) is 3.45. The Hall–Kier alpha value is -1.94. The summed E-state index contributed by atoms with van der Waals surface area (Å²) in [6.07, 6.45) is 1.84. The monoisotopic (exact) mass is 284 g/mol. The first-order valence-corrected chi connectivity index (χ1v) is 7.37. The molecule has 0 aliphatic carbocycles. The SMILES string of the molecule is Cc1cccc(CN(C)c2ncccc2CNC(C)C)n1. The van der Waals surface area contributed by atoms with Gasteiger partial charge in [-0.2, -0.15) is 0 Å². The van der Waals surface area contributed by atoms with E-state index in [0.717, 1.165) is 30.3 Å². The molecule has 0 saturated heterocycles. The van der Waals surface area contributed by atoms with Crippen LogP contribution in [-0.2, 0) is 13.1 Å². The molecular weight excluding hydrogens is 260 g/mol. The molecule has 0 amide bonds. The molecule has 0 saturated carbocycles. The van der Waals surface area contributed by atoms with E-state index < -0.39 is 0 Å². The van der Waals surface area contributed by atoms with Crippen LogP contribution in [0.25, 0.3) is 0 Å². The third kappa shape index (κ3) is 4.53. The third-order valence-corrected chi connectivity index (χ3v) is 3.28. The zero-order valence-corrected chi connectivity index (χ0v) is 13.3. The quantitative estimate of drug-likeness (QED) is 0.885. The van der Waals surface area contributed by atoms with E-state index in [9.17, 15) is 0 Å². The van der Waals surface area contributed by atoms with E-state index in [4.69, 9.17) is 0 Å². The summed E-state index contributed by atoms with van der Waals surface area (Å²) in [6.45, 7) is 7.90. The van der Waals surface area contributed by atoms with Crippen molar-refractivity contribution in [2.24, 2.45) is 0 Å². The molecule has 0 radical (unpaired) electrons. The Morgan fingerprint density at radius 2 is 2.00 bits per heavy atom. The second kappa shape index (κ2) is 7.18. The van der Waals surface area contributed by atoms with Crippen LogP contribution in [0.1, 0.15) is 30.8 Å². The van der Waals surface area contributed by atoms with Gasteiger partial charge in [0, 0.05) is 37.1 Å². The third-order valence-electron chi connectivity index (χ3n) is 3.28. The lowest BCUT2D eigenvalue weighted by Gasteiger charge is -2.21. The summed E-state index contributed by atoms with van der Waals surface area (Å²) in [5.41, 5.74) is 3.32. The van der Waals surface area contributed by atoms with E-state index in [1.807, 2.05) is 31.3 Å². The van der Waals surface area contributed by atoms with E-state index in [0.29, 0.717) is 6.04 Å². The minimum absolute atomic E-state index is 0.460. The number of hydrogen-bond acceptors (Lipinski definition) is 4. The maximum atomic E-state index is 4.56. The molecule has 2 heterocycles. The first kappa shape index (κ1) is 15.4. The van der Waals surface area contributed by atoms with Crippen molar-refractivity contribution < 1.29 is 0 Å². The molecule has 4 nitrogen and oxygen atoms in total. The Kier molecular flexibility index (Phi) is 5.28. The number of hydrogen-bond donors (Lipinski definition) is 1. The van der Waals surface area contributed by atoms with Crippen molar-refractivity contribution in [3.8, 4) is 0 Å². The predicted octanol–water partition coefficient (Wildman–Crippen LogP) is 2.92. The molecule has 0 spiro atoms. The van der Waals surface area contributed by atoms with Crippen LogP contribution in [0.5, 0.6) is 0 Å². The number of nitrogens with one attached hydrogen (secondary N) is 1. The van der Waals surface area contributed by atoms with Gasteiger partial charge in [0.15, 0.2) is 0 Å². The Balaban J connectivity index is 2.13. The summed E-state index contributed by atoms with van der Waals surface area (Å²) in [5.74, 6) is 1.01. The highest BCUT2D eigenvalue weighted by atomic mass is 15.2. The largest absolute Gasteiger partial charge is 0.354 e. The van der Waals surface area contributed by atoms with E-state index in [2.05, 4.69) is 53.2 Å². The Labute approximate surface area is 127 Å². The van der Waals surface area contributed by atoms with Crippen molar-refractivity contribution >= 4 is 5.82 Å². The molecular formula is C17H24N4. The van der Waals surface area contributed by atoms with Gasteiger partial charge in [-0.1, -0.05) is 26.0 Å². The highest BCUT2D eigenvalue weighted by molar-refractivity contribution is 5.46. The van der Waals surface area contributed by atoms with Gasteiger partial charge in [0.1, 0.15) is 5.82 Å². The standard InChI is InChI=1S/C17H24N4/c1-13(2)19-11-15-8-6-10-18-17(15)21(4)12-16-9-5-7-14(3)20-16/h5-10,13,19H,11-12H2,1-4H3. The summed E-state index contributed by atoms with van der Waals surface area (Å²) >= 11 is 0. The van der Waals surface area contributed by atoms with Crippen LogP contribution in [0, 0.1) is 6.92 Å². The molecule has 0 fully saturated rings. The van der Waals surface area contributed by atoms with Crippen LogP contribution < -0.4 is 10.2 Å². The molecule has 0 aromatic carbocycles. The number of pyridine rings is 2. The van der Waals surface area contributed by atoms with E-state index in [-0.39, 0.29) is 0 Å². The lowest BCUT2D eigenvalue weighted by molar-refractivity contribution is 0.587. The maximum Gasteiger partial charge on any atom is 0.133 e. The molecule has 4 heteroatoms. The van der Waals surface area contributed by atoms with Crippen molar-refractivity contribution in [1.29, 1.82) is 0 Å². The van der Waals surface area contributed by atoms with Crippen LogP contribution in [0.2, 0.25) is 0 Å². The lowest BCUT2D eigenvalue weighted by Crippen LogP contribution is -2.25. The van der Waals surface area contributed by atoms with Gasteiger partial charge < -0.3 is 10.2 Å². The van der Waals surface area contributed by atoms with Gasteiger partial charge in [-0.05, 0) is 25.1 Å². The fraction of sp³-hybridized carbons (Fsp3) is 0.412. The highest BCUT2D eigenvalue weighted by Gasteiger charge is 2.10. The first-order chi connectivity index (χ1) is 10.1. The number of aromatic nitrogens is 2. The van der Waals surface area contributed by atoms with Gasteiger partial charge in [-0.15, -0.1) is 0 Å². The van der Waals surface area contributed by atoms with Crippen LogP contribution >= 0.6 is 0 Å². The zero-order chi connectivity index (χ0) is 15.2. The molecule has 0 unspecified atom stereocenters. The topological polar surface area (TPSA) is 41.1 Å². The van der Waals surface area contributed by atoms with Gasteiger partial charge in [0.2, 0.25) is 0 Å². The molecule has 2 aromatic heterocycles. The molecule has 2 rings (SSSR count). The molecule has 0 atom stereocenters. The van der Waals surface area contributed by atoms with Crippen molar-refractivity contribution in [2.45, 2.75) is 39.9 Å². The summed E-state index contributed by atoms with van der Waals surface area (Å²) in [7, 11) is 2.06. The molecule has 2 aromatic rings. The van der Waals surface area contributed by atoms with Crippen LogP contribution in [0.4, 0.5) is 5.82 Å². The highest BCUT2D eigenvalue weighted by Crippen LogP contribution is 2.17. The Morgan fingerprint density at radius 1 is 1.19 bits per heavy atom. The van der Waals surface area contributed by atoms with Crippen molar-refractivity contribution in [1.82, 2.24) is 15.3 Å². The average molecular weight is 284 g/mol. The van der Waals surface area contributed by atoms with Gasteiger partial charge in [0.05, 0.1) is 12.2 Å². The van der Waals surface area contributed by atoms with Crippen molar-refractivity contribution in [2.75, 3.05) is 11.9 Å². The fourth-order valence-corrected chi connectivity index (χ4v) is 2.23. The maximum absolute atomic E-state index is 4.56. The fourth-order valence-electron chi connectivity index (χ4n) is 2.23.